The lowest BCUT2D eigenvalue weighted by Gasteiger charge is -2.28. The maximum atomic E-state index is 9.74. The molecular formula is C12H19ClN2O2. The lowest BCUT2D eigenvalue weighted by atomic mass is 9.86. The van der Waals surface area contributed by atoms with Gasteiger partial charge in [-0.1, -0.05) is 6.07 Å². The van der Waals surface area contributed by atoms with Crippen molar-refractivity contribution in [3.8, 4) is 11.5 Å². The monoisotopic (exact) mass is 258 g/mol. The van der Waals surface area contributed by atoms with E-state index in [0.29, 0.717) is 5.92 Å². The van der Waals surface area contributed by atoms with E-state index in [1.54, 1.807) is 12.1 Å². The molecule has 1 fully saturated rings. The van der Waals surface area contributed by atoms with Crippen LogP contribution in [-0.2, 0) is 0 Å². The molecule has 4 nitrogen and oxygen atoms in total. The van der Waals surface area contributed by atoms with Crippen LogP contribution in [0.1, 0.15) is 24.4 Å². The molecule has 0 bridgehead atoms. The Bertz CT molecular complexity index is 368. The van der Waals surface area contributed by atoms with Gasteiger partial charge in [-0.25, -0.2) is 0 Å². The highest BCUT2D eigenvalue weighted by Crippen LogP contribution is 2.33. The summed E-state index contributed by atoms with van der Waals surface area (Å²) in [6, 6.07) is 4.46. The van der Waals surface area contributed by atoms with Crippen LogP contribution in [0, 0.1) is 5.92 Å². The number of halogens is 1. The number of nitrogens with one attached hydrogen (secondary N) is 1. The summed E-state index contributed by atoms with van der Waals surface area (Å²) < 4.78 is 0. The van der Waals surface area contributed by atoms with Gasteiger partial charge in [0.25, 0.3) is 0 Å². The van der Waals surface area contributed by atoms with Crippen molar-refractivity contribution >= 4 is 12.4 Å². The normalized spacial score (nSPS) is 18.4. The van der Waals surface area contributed by atoms with Crippen molar-refractivity contribution in [1.82, 2.24) is 5.32 Å². The molecule has 0 unspecified atom stereocenters. The average Bonchev–Trinajstić information content (AvgIpc) is 2.29. The molecule has 1 aromatic rings. The molecule has 5 heteroatoms. The predicted molar refractivity (Wildman–Crippen MR) is 69.5 cm³/mol. The van der Waals surface area contributed by atoms with Crippen LogP contribution in [0.4, 0.5) is 0 Å². The van der Waals surface area contributed by atoms with Crippen LogP contribution in [0.5, 0.6) is 11.5 Å². The first kappa shape index (κ1) is 14.1. The number of aromatic hydroxyl groups is 2. The number of hydrogen-bond donors (Lipinski definition) is 4. The van der Waals surface area contributed by atoms with Crippen molar-refractivity contribution < 1.29 is 10.2 Å². The maximum absolute atomic E-state index is 9.74. The van der Waals surface area contributed by atoms with E-state index in [1.165, 1.54) is 6.07 Å². The predicted octanol–water partition coefficient (Wildman–Crippen LogP) is 1.52. The molecule has 1 aromatic carbocycles. The summed E-state index contributed by atoms with van der Waals surface area (Å²) in [5.41, 5.74) is 6.88. The Hall–Kier alpha value is -0.970. The summed E-state index contributed by atoms with van der Waals surface area (Å²) in [6.45, 7) is 1.97. The van der Waals surface area contributed by atoms with Crippen molar-refractivity contribution in [2.24, 2.45) is 11.7 Å². The van der Waals surface area contributed by atoms with Gasteiger partial charge in [0.2, 0.25) is 0 Å². The summed E-state index contributed by atoms with van der Waals surface area (Å²) in [5, 5.41) is 22.2. The highest BCUT2D eigenvalue weighted by Gasteiger charge is 2.23. The quantitative estimate of drug-likeness (QED) is 0.649. The van der Waals surface area contributed by atoms with Crippen LogP contribution in [0.2, 0.25) is 0 Å². The molecule has 0 saturated carbocycles. The Labute approximate surface area is 107 Å². The van der Waals surface area contributed by atoms with Gasteiger partial charge in [0.1, 0.15) is 11.5 Å². The van der Waals surface area contributed by atoms with Crippen LogP contribution in [0.15, 0.2) is 18.2 Å². The number of hydrogen-bond acceptors (Lipinski definition) is 4. The molecule has 17 heavy (non-hydrogen) atoms. The van der Waals surface area contributed by atoms with Gasteiger partial charge in [-0.3, -0.25) is 0 Å². The minimum atomic E-state index is -0.150. The number of phenols is 2. The SMILES string of the molecule is Cl.N[C@@H](c1ccc(O)cc1O)C1CCNCC1. The summed E-state index contributed by atoms with van der Waals surface area (Å²) >= 11 is 0. The zero-order valence-electron chi connectivity index (χ0n) is 9.60. The fourth-order valence-corrected chi connectivity index (χ4v) is 2.27. The molecule has 1 saturated heterocycles. The molecule has 0 spiro atoms. The lowest BCUT2D eigenvalue weighted by molar-refractivity contribution is 0.315. The van der Waals surface area contributed by atoms with Crippen molar-refractivity contribution in [2.75, 3.05) is 13.1 Å². The van der Waals surface area contributed by atoms with Crippen LogP contribution >= 0.6 is 12.4 Å². The molecule has 0 aromatic heterocycles. The van der Waals surface area contributed by atoms with E-state index in [9.17, 15) is 10.2 Å². The van der Waals surface area contributed by atoms with E-state index < -0.39 is 0 Å². The van der Waals surface area contributed by atoms with Crippen LogP contribution in [-0.4, -0.2) is 23.3 Å². The van der Waals surface area contributed by atoms with Crippen molar-refractivity contribution in [1.29, 1.82) is 0 Å². The summed E-state index contributed by atoms with van der Waals surface area (Å²) in [7, 11) is 0. The van der Waals surface area contributed by atoms with E-state index >= 15 is 0 Å². The van der Waals surface area contributed by atoms with Gasteiger partial charge in [-0.2, -0.15) is 0 Å². The minimum Gasteiger partial charge on any atom is -0.508 e. The van der Waals surface area contributed by atoms with E-state index in [4.69, 9.17) is 5.73 Å². The largest absolute Gasteiger partial charge is 0.508 e. The first-order chi connectivity index (χ1) is 7.68. The molecular weight excluding hydrogens is 240 g/mol. The first-order valence-corrected chi connectivity index (χ1v) is 5.66. The van der Waals surface area contributed by atoms with Crippen molar-refractivity contribution in [3.05, 3.63) is 23.8 Å². The Morgan fingerprint density at radius 2 is 1.88 bits per heavy atom. The first-order valence-electron chi connectivity index (χ1n) is 5.66. The van der Waals surface area contributed by atoms with Gasteiger partial charge in [0.05, 0.1) is 0 Å². The Morgan fingerprint density at radius 1 is 1.24 bits per heavy atom. The van der Waals surface area contributed by atoms with E-state index in [-0.39, 0.29) is 29.9 Å². The van der Waals surface area contributed by atoms with Gasteiger partial charge in [-0.15, -0.1) is 12.4 Å². The Kier molecular flexibility index (Phi) is 5.05. The molecule has 1 aliphatic heterocycles. The average molecular weight is 259 g/mol. The van der Waals surface area contributed by atoms with Crippen molar-refractivity contribution in [2.45, 2.75) is 18.9 Å². The zero-order valence-corrected chi connectivity index (χ0v) is 10.4. The van der Waals surface area contributed by atoms with E-state index in [2.05, 4.69) is 5.32 Å². The second-order valence-corrected chi connectivity index (χ2v) is 4.36. The number of piperidine rings is 1. The Morgan fingerprint density at radius 3 is 2.47 bits per heavy atom. The highest BCUT2D eigenvalue weighted by molar-refractivity contribution is 5.85. The van der Waals surface area contributed by atoms with Crippen molar-refractivity contribution in [3.63, 3.8) is 0 Å². The molecule has 96 valence electrons. The molecule has 0 amide bonds. The van der Waals surface area contributed by atoms with Crippen LogP contribution in [0.25, 0.3) is 0 Å². The Balaban J connectivity index is 0.00000144. The van der Waals surface area contributed by atoms with Gasteiger partial charge < -0.3 is 21.3 Å². The standard InChI is InChI=1S/C12H18N2O2.ClH/c13-12(8-3-5-14-6-4-8)10-2-1-9(15)7-11(10)16;/h1-2,7-8,12,14-16H,3-6,13H2;1H/t12-;/m1./s1. The maximum Gasteiger partial charge on any atom is 0.124 e. The lowest BCUT2D eigenvalue weighted by Crippen LogP contribution is -2.33. The van der Waals surface area contributed by atoms with Gasteiger partial charge in [0, 0.05) is 17.7 Å². The smallest absolute Gasteiger partial charge is 0.124 e. The van der Waals surface area contributed by atoms with E-state index in [1.807, 2.05) is 0 Å². The fourth-order valence-electron chi connectivity index (χ4n) is 2.27. The zero-order chi connectivity index (χ0) is 11.5. The van der Waals surface area contributed by atoms with Crippen LogP contribution < -0.4 is 11.1 Å². The second kappa shape index (κ2) is 6.10. The topological polar surface area (TPSA) is 78.5 Å². The molecule has 5 N–H and O–H groups in total. The van der Waals surface area contributed by atoms with Crippen LogP contribution in [0.3, 0.4) is 0 Å². The fraction of sp³-hybridized carbons (Fsp3) is 0.500. The third-order valence-electron chi connectivity index (χ3n) is 3.26. The van der Waals surface area contributed by atoms with Gasteiger partial charge in [0.15, 0.2) is 0 Å². The molecule has 2 rings (SSSR count). The number of benzene rings is 1. The second-order valence-electron chi connectivity index (χ2n) is 4.36. The summed E-state index contributed by atoms with van der Waals surface area (Å²) in [5.74, 6) is 0.557. The molecule has 1 heterocycles. The van der Waals surface area contributed by atoms with Gasteiger partial charge >= 0.3 is 0 Å². The highest BCUT2D eigenvalue weighted by atomic mass is 35.5. The van der Waals surface area contributed by atoms with E-state index in [0.717, 1.165) is 31.5 Å². The molecule has 1 atom stereocenters. The van der Waals surface area contributed by atoms with Gasteiger partial charge in [-0.05, 0) is 37.9 Å². The third kappa shape index (κ3) is 3.25. The molecule has 0 radical (unpaired) electrons. The number of nitrogens with two attached hydrogens (primary N) is 1. The molecule has 0 aliphatic carbocycles. The number of phenolic OH excluding ortho intramolecular Hbond substituents is 2. The minimum absolute atomic E-state index is 0. The third-order valence-corrected chi connectivity index (χ3v) is 3.26. The molecule has 1 aliphatic rings. The number of rotatable bonds is 2. The summed E-state index contributed by atoms with van der Waals surface area (Å²) in [6.07, 6.45) is 2.06. The summed E-state index contributed by atoms with van der Waals surface area (Å²) in [4.78, 5) is 0.